The summed E-state index contributed by atoms with van der Waals surface area (Å²) in [5.41, 5.74) is 6.80. The number of amides is 1. The monoisotopic (exact) mass is 224 g/mol. The van der Waals surface area contributed by atoms with Gasteiger partial charge >= 0.3 is 0 Å². The molecule has 1 unspecified atom stereocenters. The molecular weight excluding hydrogens is 207 g/mol. The Morgan fingerprint density at radius 1 is 1.56 bits per heavy atom. The smallest absolute Gasteiger partial charge is 0.251 e. The first-order valence-corrected chi connectivity index (χ1v) is 5.34. The minimum absolute atomic E-state index is 0.0576. The molecule has 0 aromatic heterocycles. The summed E-state index contributed by atoms with van der Waals surface area (Å²) in [4.78, 5) is 11.7. The molecule has 16 heavy (non-hydrogen) atoms. The Bertz CT molecular complexity index is 379. The first-order chi connectivity index (χ1) is 7.54. The van der Waals surface area contributed by atoms with Crippen LogP contribution >= 0.6 is 0 Å². The van der Waals surface area contributed by atoms with Gasteiger partial charge in [0, 0.05) is 18.2 Å². The highest BCUT2D eigenvalue weighted by Gasteiger charge is 2.10. The molecule has 88 valence electrons. The average molecular weight is 224 g/mol. The molecule has 4 heteroatoms. The standard InChI is InChI=1S/C12H17FN2O/c1-3-10(14)7-15-12(16)11-6-9(13)5-4-8(11)2/h4-6,10H,3,7,14H2,1-2H3,(H,15,16). The predicted molar refractivity (Wildman–Crippen MR) is 61.7 cm³/mol. The van der Waals surface area contributed by atoms with Crippen molar-refractivity contribution in [3.63, 3.8) is 0 Å². The first-order valence-electron chi connectivity index (χ1n) is 5.34. The summed E-state index contributed by atoms with van der Waals surface area (Å²) in [5, 5.41) is 2.69. The number of hydrogen-bond acceptors (Lipinski definition) is 2. The van der Waals surface area contributed by atoms with Crippen molar-refractivity contribution in [2.75, 3.05) is 6.54 Å². The van der Waals surface area contributed by atoms with Crippen LogP contribution in [0.5, 0.6) is 0 Å². The molecule has 1 aromatic rings. The van der Waals surface area contributed by atoms with Crippen LogP contribution in [-0.2, 0) is 0 Å². The fourth-order valence-corrected chi connectivity index (χ4v) is 1.30. The molecule has 0 aliphatic rings. The van der Waals surface area contributed by atoms with E-state index in [0.717, 1.165) is 12.0 Å². The van der Waals surface area contributed by atoms with E-state index < -0.39 is 5.82 Å². The summed E-state index contributed by atoms with van der Waals surface area (Å²) in [6.07, 6.45) is 0.794. The van der Waals surface area contributed by atoms with E-state index in [1.165, 1.54) is 12.1 Å². The Morgan fingerprint density at radius 3 is 2.88 bits per heavy atom. The van der Waals surface area contributed by atoms with Crippen LogP contribution in [0.4, 0.5) is 4.39 Å². The molecule has 0 heterocycles. The van der Waals surface area contributed by atoms with Gasteiger partial charge in [0.25, 0.3) is 5.91 Å². The lowest BCUT2D eigenvalue weighted by molar-refractivity contribution is 0.0950. The van der Waals surface area contributed by atoms with E-state index in [2.05, 4.69) is 5.32 Å². The Morgan fingerprint density at radius 2 is 2.25 bits per heavy atom. The molecule has 0 fully saturated rings. The normalized spacial score (nSPS) is 12.2. The molecule has 0 aliphatic carbocycles. The Hall–Kier alpha value is -1.42. The second-order valence-electron chi connectivity index (χ2n) is 3.84. The zero-order valence-electron chi connectivity index (χ0n) is 9.59. The summed E-state index contributed by atoms with van der Waals surface area (Å²) in [6, 6.07) is 4.11. The van der Waals surface area contributed by atoms with E-state index >= 15 is 0 Å². The predicted octanol–water partition coefficient (Wildman–Crippen LogP) is 1.60. The van der Waals surface area contributed by atoms with Gasteiger partial charge in [0.15, 0.2) is 0 Å². The summed E-state index contributed by atoms with van der Waals surface area (Å²) < 4.78 is 13.0. The van der Waals surface area contributed by atoms with E-state index in [1.807, 2.05) is 6.92 Å². The van der Waals surface area contributed by atoms with Gasteiger partial charge in [0.1, 0.15) is 5.82 Å². The summed E-state index contributed by atoms with van der Waals surface area (Å²) in [7, 11) is 0. The van der Waals surface area contributed by atoms with Crippen molar-refractivity contribution in [2.24, 2.45) is 5.73 Å². The lowest BCUT2D eigenvalue weighted by Crippen LogP contribution is -2.37. The van der Waals surface area contributed by atoms with Gasteiger partial charge in [0.2, 0.25) is 0 Å². The molecule has 1 rings (SSSR count). The molecule has 1 atom stereocenters. The molecule has 3 nitrogen and oxygen atoms in total. The number of rotatable bonds is 4. The number of nitrogens with one attached hydrogen (secondary N) is 1. The minimum Gasteiger partial charge on any atom is -0.350 e. The van der Waals surface area contributed by atoms with Gasteiger partial charge in [-0.2, -0.15) is 0 Å². The largest absolute Gasteiger partial charge is 0.350 e. The van der Waals surface area contributed by atoms with Crippen LogP contribution in [0.25, 0.3) is 0 Å². The quantitative estimate of drug-likeness (QED) is 0.816. The average Bonchev–Trinajstić information content (AvgIpc) is 2.28. The highest BCUT2D eigenvalue weighted by molar-refractivity contribution is 5.95. The maximum atomic E-state index is 13.0. The fraction of sp³-hybridized carbons (Fsp3) is 0.417. The number of aryl methyl sites for hydroxylation is 1. The van der Waals surface area contributed by atoms with Crippen molar-refractivity contribution in [3.05, 3.63) is 35.1 Å². The number of carbonyl (C=O) groups excluding carboxylic acids is 1. The van der Waals surface area contributed by atoms with E-state index in [0.29, 0.717) is 12.1 Å². The van der Waals surface area contributed by atoms with E-state index in [4.69, 9.17) is 5.73 Å². The van der Waals surface area contributed by atoms with Gasteiger partial charge in [-0.3, -0.25) is 4.79 Å². The minimum atomic E-state index is -0.407. The Balaban J connectivity index is 2.69. The lowest BCUT2D eigenvalue weighted by atomic mass is 10.1. The molecule has 0 spiro atoms. The molecule has 1 aromatic carbocycles. The van der Waals surface area contributed by atoms with Crippen molar-refractivity contribution in [2.45, 2.75) is 26.3 Å². The third kappa shape index (κ3) is 3.31. The third-order valence-corrected chi connectivity index (χ3v) is 2.49. The maximum Gasteiger partial charge on any atom is 0.251 e. The second kappa shape index (κ2) is 5.61. The van der Waals surface area contributed by atoms with Crippen LogP contribution in [0.15, 0.2) is 18.2 Å². The van der Waals surface area contributed by atoms with Gasteiger partial charge < -0.3 is 11.1 Å². The van der Waals surface area contributed by atoms with Crippen molar-refractivity contribution in [1.82, 2.24) is 5.32 Å². The lowest BCUT2D eigenvalue weighted by Gasteiger charge is -2.11. The number of hydrogen-bond donors (Lipinski definition) is 2. The molecule has 0 saturated carbocycles. The third-order valence-electron chi connectivity index (χ3n) is 2.49. The summed E-state index contributed by atoms with van der Waals surface area (Å²) in [6.45, 7) is 4.13. The highest BCUT2D eigenvalue weighted by Crippen LogP contribution is 2.09. The summed E-state index contributed by atoms with van der Waals surface area (Å²) >= 11 is 0. The molecule has 1 amide bonds. The zero-order valence-corrected chi connectivity index (χ0v) is 9.59. The van der Waals surface area contributed by atoms with Gasteiger partial charge in [-0.25, -0.2) is 4.39 Å². The number of benzene rings is 1. The molecular formula is C12H17FN2O. The maximum absolute atomic E-state index is 13.0. The number of halogens is 1. The zero-order chi connectivity index (χ0) is 12.1. The second-order valence-corrected chi connectivity index (χ2v) is 3.84. The Labute approximate surface area is 94.8 Å². The van der Waals surface area contributed by atoms with E-state index in [1.54, 1.807) is 13.0 Å². The summed E-state index contributed by atoms with van der Waals surface area (Å²) in [5.74, 6) is -0.684. The van der Waals surface area contributed by atoms with E-state index in [9.17, 15) is 9.18 Å². The van der Waals surface area contributed by atoms with Gasteiger partial charge in [0.05, 0.1) is 0 Å². The van der Waals surface area contributed by atoms with Crippen LogP contribution in [0.3, 0.4) is 0 Å². The van der Waals surface area contributed by atoms with Crippen molar-refractivity contribution in [3.8, 4) is 0 Å². The van der Waals surface area contributed by atoms with Crippen molar-refractivity contribution >= 4 is 5.91 Å². The highest BCUT2D eigenvalue weighted by atomic mass is 19.1. The van der Waals surface area contributed by atoms with Crippen molar-refractivity contribution in [1.29, 1.82) is 0 Å². The van der Waals surface area contributed by atoms with E-state index in [-0.39, 0.29) is 11.9 Å². The van der Waals surface area contributed by atoms with Crippen LogP contribution in [-0.4, -0.2) is 18.5 Å². The molecule has 0 saturated heterocycles. The van der Waals surface area contributed by atoms with Crippen LogP contribution < -0.4 is 11.1 Å². The first kappa shape index (κ1) is 12.6. The van der Waals surface area contributed by atoms with Crippen LogP contribution in [0.2, 0.25) is 0 Å². The topological polar surface area (TPSA) is 55.1 Å². The number of carbonyl (C=O) groups is 1. The molecule has 3 N–H and O–H groups in total. The number of nitrogens with two attached hydrogens (primary N) is 1. The molecule has 0 radical (unpaired) electrons. The van der Waals surface area contributed by atoms with Gasteiger partial charge in [-0.05, 0) is 31.0 Å². The molecule has 0 aliphatic heterocycles. The fourth-order valence-electron chi connectivity index (χ4n) is 1.30. The Kier molecular flexibility index (Phi) is 4.43. The van der Waals surface area contributed by atoms with Gasteiger partial charge in [-0.15, -0.1) is 0 Å². The van der Waals surface area contributed by atoms with Crippen LogP contribution in [0.1, 0.15) is 29.3 Å². The molecule has 0 bridgehead atoms. The van der Waals surface area contributed by atoms with Gasteiger partial charge in [-0.1, -0.05) is 13.0 Å². The van der Waals surface area contributed by atoms with Crippen LogP contribution in [0, 0.1) is 12.7 Å². The van der Waals surface area contributed by atoms with Crippen molar-refractivity contribution < 1.29 is 9.18 Å². The SMILES string of the molecule is CCC(N)CNC(=O)c1cc(F)ccc1C.